The lowest BCUT2D eigenvalue weighted by molar-refractivity contribution is -0.141. The molecule has 0 fully saturated rings. The summed E-state index contributed by atoms with van der Waals surface area (Å²) in [6.45, 7) is 0. The number of aliphatic carboxylic acids is 1. The third-order valence-electron chi connectivity index (χ3n) is 3.21. The van der Waals surface area contributed by atoms with E-state index in [1.807, 2.05) is 24.3 Å². The zero-order valence-electron chi connectivity index (χ0n) is 8.68. The number of carboxylic acids is 1. The number of hydrogen-bond acceptors (Lipinski definition) is 2. The smallest absolute Gasteiger partial charge is 0.307 e. The Morgan fingerprint density at radius 2 is 2.19 bits per heavy atom. The Morgan fingerprint density at radius 3 is 3.00 bits per heavy atom. The van der Waals surface area contributed by atoms with Crippen molar-refractivity contribution in [3.8, 4) is 0 Å². The van der Waals surface area contributed by atoms with Gasteiger partial charge in [-0.25, -0.2) is 0 Å². The molecule has 0 spiro atoms. The Kier molecular flexibility index (Phi) is 1.93. The monoisotopic (exact) mass is 213 g/mol. The molecule has 3 nitrogen and oxygen atoms in total. The summed E-state index contributed by atoms with van der Waals surface area (Å²) in [6, 6.07) is 8.00. The minimum absolute atomic E-state index is 0.326. The van der Waals surface area contributed by atoms with Gasteiger partial charge in [0.15, 0.2) is 0 Å². The second-order valence-electron chi connectivity index (χ2n) is 4.22. The fourth-order valence-electron chi connectivity index (χ4n) is 2.45. The molecule has 1 heterocycles. The number of aromatic nitrogens is 1. The van der Waals surface area contributed by atoms with Gasteiger partial charge >= 0.3 is 5.97 Å². The van der Waals surface area contributed by atoms with Crippen molar-refractivity contribution in [1.82, 2.24) is 4.98 Å². The van der Waals surface area contributed by atoms with E-state index >= 15 is 0 Å². The zero-order valence-corrected chi connectivity index (χ0v) is 8.68. The Hall–Kier alpha value is -1.90. The zero-order chi connectivity index (χ0) is 11.1. The molecule has 1 aromatic heterocycles. The highest BCUT2D eigenvalue weighted by atomic mass is 16.4. The van der Waals surface area contributed by atoms with Crippen molar-refractivity contribution in [3.63, 3.8) is 0 Å². The number of nitrogens with zero attached hydrogens (tertiary/aromatic N) is 1. The van der Waals surface area contributed by atoms with Crippen molar-refractivity contribution < 1.29 is 9.90 Å². The highest BCUT2D eigenvalue weighted by Crippen LogP contribution is 2.30. The van der Waals surface area contributed by atoms with E-state index < -0.39 is 5.97 Å². The quantitative estimate of drug-likeness (QED) is 0.788. The van der Waals surface area contributed by atoms with Crippen molar-refractivity contribution in [1.29, 1.82) is 0 Å². The Balaban J connectivity index is 2.23. The number of carbonyl (C=O) groups is 1. The second-order valence-corrected chi connectivity index (χ2v) is 4.22. The lowest BCUT2D eigenvalue weighted by atomic mass is 9.85. The van der Waals surface area contributed by atoms with Gasteiger partial charge in [0.05, 0.1) is 5.92 Å². The predicted molar refractivity (Wildman–Crippen MR) is 60.3 cm³/mol. The summed E-state index contributed by atoms with van der Waals surface area (Å²) >= 11 is 0. The summed E-state index contributed by atoms with van der Waals surface area (Å²) in [5.41, 5.74) is 2.03. The standard InChI is InChI=1S/C13H11NO2/c15-13(16)10-6-9-3-1-2-8-4-5-14-11(7-10)12(8)9/h1-5,10H,6-7H2,(H,15,16). The van der Waals surface area contributed by atoms with Gasteiger partial charge in [-0.05, 0) is 23.4 Å². The van der Waals surface area contributed by atoms with E-state index in [1.165, 1.54) is 0 Å². The van der Waals surface area contributed by atoms with Crippen LogP contribution in [0.25, 0.3) is 10.8 Å². The molecule has 0 radical (unpaired) electrons. The molecule has 80 valence electrons. The lowest BCUT2D eigenvalue weighted by Crippen LogP contribution is -2.23. The van der Waals surface area contributed by atoms with Gasteiger partial charge in [-0.15, -0.1) is 0 Å². The summed E-state index contributed by atoms with van der Waals surface area (Å²) in [6.07, 6.45) is 2.92. The van der Waals surface area contributed by atoms with Crippen molar-refractivity contribution in [3.05, 3.63) is 41.7 Å². The lowest BCUT2D eigenvalue weighted by Gasteiger charge is -2.21. The average molecular weight is 213 g/mol. The molecule has 0 saturated carbocycles. The summed E-state index contributed by atoms with van der Waals surface area (Å²) in [4.78, 5) is 15.4. The van der Waals surface area contributed by atoms with Gasteiger partial charge in [-0.1, -0.05) is 18.2 Å². The van der Waals surface area contributed by atoms with Crippen molar-refractivity contribution in [2.75, 3.05) is 0 Å². The molecule has 0 aliphatic heterocycles. The molecule has 2 aromatic rings. The number of hydrogen-bond donors (Lipinski definition) is 1. The van der Waals surface area contributed by atoms with Gasteiger partial charge in [0.25, 0.3) is 0 Å². The molecule has 1 unspecified atom stereocenters. The predicted octanol–water partition coefficient (Wildman–Crippen LogP) is 2.03. The first-order chi connectivity index (χ1) is 7.75. The number of pyridine rings is 1. The molecule has 1 N–H and O–H groups in total. The van der Waals surface area contributed by atoms with Crippen LogP contribution < -0.4 is 0 Å². The van der Waals surface area contributed by atoms with Crippen LogP contribution in [0.5, 0.6) is 0 Å². The Bertz CT molecular complexity index is 536. The van der Waals surface area contributed by atoms with Crippen LogP contribution in [-0.4, -0.2) is 16.1 Å². The van der Waals surface area contributed by atoms with E-state index in [0.717, 1.165) is 22.0 Å². The molecule has 1 atom stereocenters. The maximum Gasteiger partial charge on any atom is 0.307 e. The molecule has 0 bridgehead atoms. The summed E-state index contributed by atoms with van der Waals surface area (Å²) in [7, 11) is 0. The van der Waals surface area contributed by atoms with Crippen LogP contribution >= 0.6 is 0 Å². The largest absolute Gasteiger partial charge is 0.481 e. The first kappa shape index (κ1) is 9.33. The molecule has 16 heavy (non-hydrogen) atoms. The molecular formula is C13H11NO2. The third-order valence-corrected chi connectivity index (χ3v) is 3.21. The molecule has 3 rings (SSSR count). The van der Waals surface area contributed by atoms with Crippen LogP contribution in [0.1, 0.15) is 11.3 Å². The minimum atomic E-state index is -0.728. The Labute approximate surface area is 92.7 Å². The first-order valence-corrected chi connectivity index (χ1v) is 5.34. The normalized spacial score (nSPS) is 18.6. The number of rotatable bonds is 1. The molecule has 0 amide bonds. The van der Waals surface area contributed by atoms with E-state index in [0.29, 0.717) is 12.8 Å². The minimum Gasteiger partial charge on any atom is -0.481 e. The number of benzene rings is 1. The van der Waals surface area contributed by atoms with Gasteiger partial charge in [0, 0.05) is 23.7 Å². The van der Waals surface area contributed by atoms with Crippen LogP contribution in [0.2, 0.25) is 0 Å². The van der Waals surface area contributed by atoms with E-state index in [4.69, 9.17) is 5.11 Å². The van der Waals surface area contributed by atoms with Crippen LogP contribution in [0.4, 0.5) is 0 Å². The SMILES string of the molecule is O=C(O)C1Cc2cccc3ccnc(c23)C1. The molecular weight excluding hydrogens is 202 g/mol. The first-order valence-electron chi connectivity index (χ1n) is 5.34. The molecule has 1 aliphatic rings. The Morgan fingerprint density at radius 1 is 1.31 bits per heavy atom. The van der Waals surface area contributed by atoms with E-state index in [-0.39, 0.29) is 5.92 Å². The molecule has 1 aliphatic carbocycles. The average Bonchev–Trinajstić information content (AvgIpc) is 2.29. The van der Waals surface area contributed by atoms with Crippen LogP contribution in [0.3, 0.4) is 0 Å². The number of carboxylic acid groups (broad SMARTS) is 1. The molecule has 3 heteroatoms. The maximum absolute atomic E-state index is 11.1. The summed E-state index contributed by atoms with van der Waals surface area (Å²) < 4.78 is 0. The summed E-state index contributed by atoms with van der Waals surface area (Å²) in [5, 5.41) is 11.4. The maximum atomic E-state index is 11.1. The van der Waals surface area contributed by atoms with E-state index in [2.05, 4.69) is 4.98 Å². The van der Waals surface area contributed by atoms with E-state index in [9.17, 15) is 4.79 Å². The van der Waals surface area contributed by atoms with E-state index in [1.54, 1.807) is 6.20 Å². The molecule has 0 saturated heterocycles. The van der Waals surface area contributed by atoms with Crippen molar-refractivity contribution >= 4 is 16.7 Å². The van der Waals surface area contributed by atoms with Gasteiger partial charge in [0.1, 0.15) is 0 Å². The molecule has 1 aromatic carbocycles. The van der Waals surface area contributed by atoms with Crippen LogP contribution in [0, 0.1) is 5.92 Å². The fourth-order valence-corrected chi connectivity index (χ4v) is 2.45. The van der Waals surface area contributed by atoms with Gasteiger partial charge < -0.3 is 5.11 Å². The highest BCUT2D eigenvalue weighted by Gasteiger charge is 2.26. The topological polar surface area (TPSA) is 50.2 Å². The van der Waals surface area contributed by atoms with Crippen LogP contribution in [0.15, 0.2) is 30.5 Å². The highest BCUT2D eigenvalue weighted by molar-refractivity contribution is 5.89. The van der Waals surface area contributed by atoms with Gasteiger partial charge in [0.2, 0.25) is 0 Å². The van der Waals surface area contributed by atoms with Crippen molar-refractivity contribution in [2.24, 2.45) is 5.92 Å². The second kappa shape index (κ2) is 3.30. The van der Waals surface area contributed by atoms with Crippen molar-refractivity contribution in [2.45, 2.75) is 12.8 Å². The van der Waals surface area contributed by atoms with Gasteiger partial charge in [-0.2, -0.15) is 0 Å². The van der Waals surface area contributed by atoms with Crippen LogP contribution in [-0.2, 0) is 17.6 Å². The third kappa shape index (κ3) is 1.28. The van der Waals surface area contributed by atoms with Gasteiger partial charge in [-0.3, -0.25) is 9.78 Å². The summed E-state index contributed by atoms with van der Waals surface area (Å²) in [5.74, 6) is -1.05. The fraction of sp³-hybridized carbons (Fsp3) is 0.231.